The number of nitrogens with zero attached hydrogens (tertiary/aromatic N) is 2. The van der Waals surface area contributed by atoms with Gasteiger partial charge in [-0.15, -0.1) is 0 Å². The molecule has 0 bridgehead atoms. The largest absolute Gasteiger partial charge is 0.309 e. The summed E-state index contributed by atoms with van der Waals surface area (Å²) in [6.45, 7) is 4.51. The lowest BCUT2D eigenvalue weighted by Crippen LogP contribution is -1.97. The molecule has 0 saturated heterocycles. The van der Waals surface area contributed by atoms with E-state index in [-0.39, 0.29) is 0 Å². The lowest BCUT2D eigenvalue weighted by molar-refractivity contribution is 0.795. The summed E-state index contributed by atoms with van der Waals surface area (Å²) in [6.07, 6.45) is 7.15. The van der Waals surface area contributed by atoms with E-state index in [2.05, 4.69) is 254 Å². The van der Waals surface area contributed by atoms with Crippen molar-refractivity contribution in [2.24, 2.45) is 0 Å². The Balaban J connectivity index is 0.883. The third-order valence-electron chi connectivity index (χ3n) is 14.5. The highest BCUT2D eigenvalue weighted by Crippen LogP contribution is 2.41. The first-order valence-electron chi connectivity index (χ1n) is 25.3. The molecule has 2 heterocycles. The second kappa shape index (κ2) is 18.7. The average Bonchev–Trinajstić information content (AvgIpc) is 3.94. The molecule has 0 aliphatic heterocycles. The Morgan fingerprint density at radius 2 is 0.729 bits per heavy atom. The van der Waals surface area contributed by atoms with Crippen molar-refractivity contribution in [2.45, 2.75) is 52.4 Å². The zero-order valence-electron chi connectivity index (χ0n) is 40.1. The van der Waals surface area contributed by atoms with E-state index in [1.807, 2.05) is 0 Å². The fourth-order valence-corrected chi connectivity index (χ4v) is 10.8. The van der Waals surface area contributed by atoms with Crippen LogP contribution in [0.15, 0.2) is 231 Å². The van der Waals surface area contributed by atoms with Gasteiger partial charge >= 0.3 is 0 Å². The first kappa shape index (κ1) is 43.1. The van der Waals surface area contributed by atoms with E-state index >= 15 is 0 Å². The van der Waals surface area contributed by atoms with E-state index in [0.29, 0.717) is 0 Å². The Morgan fingerprint density at radius 1 is 0.286 bits per heavy atom. The Labute approximate surface area is 411 Å². The van der Waals surface area contributed by atoms with Crippen LogP contribution in [-0.4, -0.2) is 9.13 Å². The summed E-state index contributed by atoms with van der Waals surface area (Å²) in [5.74, 6) is 0. The van der Waals surface area contributed by atoms with Crippen LogP contribution in [0.1, 0.15) is 50.7 Å². The average molecular weight is 901 g/mol. The van der Waals surface area contributed by atoms with Gasteiger partial charge in [0.2, 0.25) is 0 Å². The maximum Gasteiger partial charge on any atom is 0.0541 e. The van der Waals surface area contributed by atoms with Crippen molar-refractivity contribution in [1.82, 2.24) is 9.13 Å². The van der Waals surface area contributed by atoms with E-state index in [1.54, 1.807) is 0 Å². The molecule has 0 fully saturated rings. The van der Waals surface area contributed by atoms with Crippen LogP contribution in [0.5, 0.6) is 0 Å². The first-order chi connectivity index (χ1) is 34.6. The highest BCUT2D eigenvalue weighted by molar-refractivity contribution is 6.13. The number of benzene rings is 10. The smallest absolute Gasteiger partial charge is 0.0541 e. The molecule has 0 amide bonds. The zero-order valence-corrected chi connectivity index (χ0v) is 40.1. The van der Waals surface area contributed by atoms with Gasteiger partial charge in [-0.25, -0.2) is 0 Å². The molecule has 0 radical (unpaired) electrons. The monoisotopic (exact) mass is 900 g/mol. The summed E-state index contributed by atoms with van der Waals surface area (Å²) in [7, 11) is 0. The van der Waals surface area contributed by atoms with Crippen LogP contribution in [0.3, 0.4) is 0 Å². The third kappa shape index (κ3) is 8.00. The minimum Gasteiger partial charge on any atom is -0.309 e. The van der Waals surface area contributed by atoms with Crippen LogP contribution in [0.4, 0.5) is 0 Å². The summed E-state index contributed by atoms with van der Waals surface area (Å²) in [5.41, 5.74) is 22.2. The van der Waals surface area contributed by atoms with Crippen molar-refractivity contribution >= 4 is 43.6 Å². The number of fused-ring (bicyclic) bond motifs is 6. The fourth-order valence-electron chi connectivity index (χ4n) is 10.8. The summed E-state index contributed by atoms with van der Waals surface area (Å²) < 4.78 is 4.89. The fraction of sp³-hybridized carbons (Fsp3) is 0.118. The summed E-state index contributed by atoms with van der Waals surface area (Å²) in [4.78, 5) is 0. The number of aryl methyl sites for hydroxylation is 2. The molecule has 0 spiro atoms. The van der Waals surface area contributed by atoms with E-state index < -0.39 is 0 Å². The molecule has 338 valence electrons. The van der Waals surface area contributed by atoms with Crippen molar-refractivity contribution in [2.75, 3.05) is 0 Å². The predicted octanol–water partition coefficient (Wildman–Crippen LogP) is 18.9. The molecule has 12 rings (SSSR count). The number of hydrogen-bond acceptors (Lipinski definition) is 0. The van der Waals surface area contributed by atoms with Crippen molar-refractivity contribution < 1.29 is 0 Å². The molecule has 2 aromatic heterocycles. The second-order valence-electron chi connectivity index (χ2n) is 19.0. The highest BCUT2D eigenvalue weighted by Gasteiger charge is 2.18. The van der Waals surface area contributed by atoms with Crippen molar-refractivity contribution in [1.29, 1.82) is 0 Å². The number of para-hydroxylation sites is 3. The molecule has 0 N–H and O–H groups in total. The second-order valence-corrected chi connectivity index (χ2v) is 19.0. The number of aromatic nitrogens is 2. The molecule has 2 nitrogen and oxygen atoms in total. The lowest BCUT2D eigenvalue weighted by Gasteiger charge is -2.15. The topological polar surface area (TPSA) is 9.86 Å². The Kier molecular flexibility index (Phi) is 11.5. The molecule has 0 aliphatic carbocycles. The van der Waals surface area contributed by atoms with Gasteiger partial charge in [-0.2, -0.15) is 0 Å². The molecule has 0 saturated carbocycles. The molecule has 10 aromatic carbocycles. The maximum absolute atomic E-state index is 2.46. The molecule has 0 atom stereocenters. The number of unbranched alkanes of at least 4 members (excludes halogenated alkanes) is 2. The first-order valence-corrected chi connectivity index (χ1v) is 25.3. The van der Waals surface area contributed by atoms with Crippen molar-refractivity contribution in [3.05, 3.63) is 242 Å². The normalized spacial score (nSPS) is 11.6. The molecular weight excluding hydrogens is 845 g/mol. The van der Waals surface area contributed by atoms with Crippen LogP contribution in [0.2, 0.25) is 0 Å². The van der Waals surface area contributed by atoms with E-state index in [4.69, 9.17) is 0 Å². The molecule has 12 aromatic rings. The van der Waals surface area contributed by atoms with Crippen molar-refractivity contribution in [3.63, 3.8) is 0 Å². The van der Waals surface area contributed by atoms with Crippen molar-refractivity contribution in [3.8, 4) is 67.0 Å². The van der Waals surface area contributed by atoms with E-state index in [9.17, 15) is 0 Å². The van der Waals surface area contributed by atoms with Crippen LogP contribution < -0.4 is 0 Å². The molecule has 0 unspecified atom stereocenters. The lowest BCUT2D eigenvalue weighted by atomic mass is 9.97. The van der Waals surface area contributed by atoms with Gasteiger partial charge in [-0.05, 0) is 141 Å². The van der Waals surface area contributed by atoms with Gasteiger partial charge in [0.05, 0.1) is 27.8 Å². The zero-order chi connectivity index (χ0) is 47.0. The van der Waals surface area contributed by atoms with Crippen LogP contribution in [0, 0.1) is 0 Å². The number of rotatable bonds is 13. The SMILES string of the molecule is CCCCc1ccc(-c2ccc(-c3cccc(-n4c5ccccc5c5cc(-c6ccc7c(c6)c6ccccc6n7-c6ccccc6-c6ccc(-c7cccc(CCCC)c7)cc6)ccc54)c3)cc2)cc1. The highest BCUT2D eigenvalue weighted by atomic mass is 15.0. The van der Waals surface area contributed by atoms with Gasteiger partial charge < -0.3 is 9.13 Å². The van der Waals surface area contributed by atoms with E-state index in [1.165, 1.54) is 142 Å². The summed E-state index contributed by atoms with van der Waals surface area (Å²) >= 11 is 0. The standard InChI is InChI=1S/C68H56N2/c1-3-5-15-47-27-29-49(30-28-47)50-31-33-52(34-32-50)55-19-14-20-58(44-55)69-65-25-11-8-22-60(65)62-45-56(39-41-67(62)69)57-40-42-68-63(46-57)61-23-9-12-26-66(61)70(68)64-24-10-7-21-59(64)53-37-35-51(36-38-53)54-18-13-17-48(43-54)16-6-4-2/h7-14,17-46H,3-6,15-16H2,1-2H3. The minimum absolute atomic E-state index is 1.12. The summed E-state index contributed by atoms with van der Waals surface area (Å²) in [6, 6.07) is 85.9. The van der Waals surface area contributed by atoms with Gasteiger partial charge in [0.15, 0.2) is 0 Å². The van der Waals surface area contributed by atoms with Gasteiger partial charge in [-0.3, -0.25) is 0 Å². The molecule has 0 aliphatic rings. The predicted molar refractivity (Wildman–Crippen MR) is 300 cm³/mol. The molecular formula is C68H56N2. The van der Waals surface area contributed by atoms with Crippen LogP contribution in [-0.2, 0) is 12.8 Å². The Morgan fingerprint density at radius 3 is 1.36 bits per heavy atom. The van der Waals surface area contributed by atoms with Gasteiger partial charge in [0, 0.05) is 32.8 Å². The minimum atomic E-state index is 1.12. The maximum atomic E-state index is 2.46. The van der Waals surface area contributed by atoms with Gasteiger partial charge in [0.25, 0.3) is 0 Å². The Hall–Kier alpha value is -8.20. The van der Waals surface area contributed by atoms with E-state index in [0.717, 1.165) is 18.5 Å². The van der Waals surface area contributed by atoms with Crippen LogP contribution >= 0.6 is 0 Å². The Bertz CT molecular complexity index is 3830. The third-order valence-corrected chi connectivity index (χ3v) is 14.5. The van der Waals surface area contributed by atoms with Crippen LogP contribution in [0.25, 0.3) is 111 Å². The summed E-state index contributed by atoms with van der Waals surface area (Å²) in [5, 5.41) is 4.98. The number of hydrogen-bond donors (Lipinski definition) is 0. The van der Waals surface area contributed by atoms with Gasteiger partial charge in [-0.1, -0.05) is 203 Å². The molecule has 2 heteroatoms. The quantitative estimate of drug-likeness (QED) is 0.109. The molecule has 70 heavy (non-hydrogen) atoms. The van der Waals surface area contributed by atoms with Gasteiger partial charge in [0.1, 0.15) is 0 Å².